The predicted molar refractivity (Wildman–Crippen MR) is 189 cm³/mol. The first-order valence-corrected chi connectivity index (χ1v) is 21.5. The van der Waals surface area contributed by atoms with Crippen LogP contribution in [0.3, 0.4) is 0 Å². The molecule has 5 aliphatic rings. The van der Waals surface area contributed by atoms with Crippen molar-refractivity contribution in [1.82, 2.24) is 0 Å². The van der Waals surface area contributed by atoms with Crippen molar-refractivity contribution in [2.24, 2.45) is 34.5 Å². The van der Waals surface area contributed by atoms with E-state index in [9.17, 15) is 0 Å². The summed E-state index contributed by atoms with van der Waals surface area (Å²) in [4.78, 5) is 0. The Hall–Kier alpha value is -1.54. The fourth-order valence-electron chi connectivity index (χ4n) is 10.7. The Morgan fingerprint density at radius 3 is 1.89 bits per heavy atom. The van der Waals surface area contributed by atoms with Crippen molar-refractivity contribution in [2.75, 3.05) is 13.2 Å². The third kappa shape index (κ3) is 5.91. The summed E-state index contributed by atoms with van der Waals surface area (Å²) < 4.78 is 34.9. The average molecular weight is 661 g/mol. The van der Waals surface area contributed by atoms with Crippen LogP contribution in [0.4, 0.5) is 0 Å². The second-order valence-corrected chi connectivity index (χ2v) is 22.4. The summed E-state index contributed by atoms with van der Waals surface area (Å²) in [6, 6.07) is 21.5. The van der Waals surface area contributed by atoms with Crippen molar-refractivity contribution in [3.8, 4) is 0 Å². The highest BCUT2D eigenvalue weighted by molar-refractivity contribution is 6.74. The van der Waals surface area contributed by atoms with Crippen LogP contribution in [0.2, 0.25) is 18.1 Å². The van der Waals surface area contributed by atoms with E-state index in [1.54, 1.807) is 0 Å². The van der Waals surface area contributed by atoms with Gasteiger partial charge in [0.2, 0.25) is 0 Å². The van der Waals surface area contributed by atoms with E-state index in [0.717, 1.165) is 32.1 Å². The molecule has 1 aliphatic heterocycles. The molecular formula is C41H60O5Si. The topological polar surface area (TPSA) is 46.2 Å². The minimum absolute atomic E-state index is 0.00482. The van der Waals surface area contributed by atoms with E-state index < -0.39 is 14.1 Å². The maximum absolute atomic E-state index is 7.29. The Kier molecular flexibility index (Phi) is 9.13. The number of ether oxygens (including phenoxy) is 4. The van der Waals surface area contributed by atoms with Crippen molar-refractivity contribution < 1.29 is 23.4 Å². The summed E-state index contributed by atoms with van der Waals surface area (Å²) in [5, 5.41) is 0.187. The normalized spacial score (nSPS) is 38.1. The predicted octanol–water partition coefficient (Wildman–Crippen LogP) is 9.55. The third-order valence-electron chi connectivity index (χ3n) is 14.3. The van der Waals surface area contributed by atoms with Gasteiger partial charge in [-0.2, -0.15) is 0 Å². The summed E-state index contributed by atoms with van der Waals surface area (Å²) in [7, 11) is -1.92. The van der Waals surface area contributed by atoms with E-state index in [4.69, 9.17) is 23.4 Å². The van der Waals surface area contributed by atoms with Gasteiger partial charge in [-0.05, 0) is 96.9 Å². The van der Waals surface area contributed by atoms with Crippen LogP contribution in [0.5, 0.6) is 0 Å². The SMILES string of the molecule is CC(C)(C)[Si](C)(C)O[C@H]1CC[C@]2(C)C3CC[C@@]4(C)C(CCC45OCCO5)C3[C@@H](OCc3ccccc3)[C@H](OCc3ccccc3)C2C1. The molecule has 1 spiro atoms. The molecule has 0 aromatic heterocycles. The summed E-state index contributed by atoms with van der Waals surface area (Å²) in [6.45, 7) is 19.7. The molecule has 9 atom stereocenters. The van der Waals surface area contributed by atoms with Gasteiger partial charge in [-0.15, -0.1) is 0 Å². The standard InChI is InChI=1S/C41H60O5Si/c1-38(2,3)47(6,7)46-31-18-21-39(4)32-19-22-40(5)33(20-23-41(40)44-24-25-45-41)35(32)37(43-28-30-16-12-9-13-17-30)36(34(39)26-31)42-27-29-14-10-8-11-15-29/h8-17,31-37H,18-28H2,1-7H3/t31-,32?,33?,34?,35?,36+,37+,39+,40-/m0/s1. The van der Waals surface area contributed by atoms with E-state index in [0.29, 0.717) is 50.1 Å². The molecule has 4 aliphatic carbocycles. The van der Waals surface area contributed by atoms with E-state index in [-0.39, 0.29) is 34.2 Å². The van der Waals surface area contributed by atoms with Crippen LogP contribution in [0, 0.1) is 34.5 Å². The van der Waals surface area contributed by atoms with Gasteiger partial charge in [-0.3, -0.25) is 0 Å². The summed E-state index contributed by atoms with van der Waals surface area (Å²) >= 11 is 0. The van der Waals surface area contributed by atoms with Gasteiger partial charge in [0.15, 0.2) is 14.1 Å². The Morgan fingerprint density at radius 2 is 1.30 bits per heavy atom. The Bertz CT molecular complexity index is 1350. The quantitative estimate of drug-likeness (QED) is 0.264. The largest absolute Gasteiger partial charge is 0.414 e. The Labute approximate surface area is 285 Å². The van der Waals surface area contributed by atoms with Crippen molar-refractivity contribution >= 4 is 8.32 Å². The highest BCUT2D eigenvalue weighted by Gasteiger charge is 2.70. The van der Waals surface area contributed by atoms with E-state index in [1.807, 2.05) is 0 Å². The summed E-state index contributed by atoms with van der Waals surface area (Å²) in [6.07, 6.45) is 8.11. The smallest absolute Gasteiger partial charge is 0.192 e. The summed E-state index contributed by atoms with van der Waals surface area (Å²) in [5.41, 5.74) is 2.60. The van der Waals surface area contributed by atoms with Gasteiger partial charge in [0.05, 0.1) is 38.6 Å². The van der Waals surface area contributed by atoms with Crippen LogP contribution in [0.15, 0.2) is 60.7 Å². The van der Waals surface area contributed by atoms with E-state index >= 15 is 0 Å². The number of benzene rings is 2. The molecule has 2 aromatic rings. The minimum atomic E-state index is -1.92. The number of hydrogen-bond acceptors (Lipinski definition) is 5. The van der Waals surface area contributed by atoms with Gasteiger partial charge >= 0.3 is 0 Å². The zero-order valence-electron chi connectivity index (χ0n) is 30.1. The minimum Gasteiger partial charge on any atom is -0.414 e. The van der Waals surface area contributed by atoms with Gasteiger partial charge in [-0.1, -0.05) is 95.3 Å². The van der Waals surface area contributed by atoms with Crippen LogP contribution >= 0.6 is 0 Å². The fraction of sp³-hybridized carbons (Fsp3) is 0.707. The molecule has 5 fully saturated rings. The lowest BCUT2D eigenvalue weighted by molar-refractivity contribution is -0.281. The maximum atomic E-state index is 7.29. The summed E-state index contributed by atoms with van der Waals surface area (Å²) in [5.74, 6) is 1.37. The van der Waals surface area contributed by atoms with Crippen molar-refractivity contribution in [2.45, 2.75) is 135 Å². The monoisotopic (exact) mass is 660 g/mol. The van der Waals surface area contributed by atoms with Crippen molar-refractivity contribution in [3.63, 3.8) is 0 Å². The molecule has 0 N–H and O–H groups in total. The molecule has 7 rings (SSSR count). The lowest BCUT2D eigenvalue weighted by Crippen LogP contribution is -2.66. The molecule has 1 saturated heterocycles. The second kappa shape index (κ2) is 12.7. The van der Waals surface area contributed by atoms with E-state index in [1.165, 1.54) is 24.0 Å². The number of rotatable bonds is 8. The van der Waals surface area contributed by atoms with Crippen LogP contribution in [0.25, 0.3) is 0 Å². The van der Waals surface area contributed by atoms with Crippen LogP contribution < -0.4 is 0 Å². The molecule has 4 saturated carbocycles. The van der Waals surface area contributed by atoms with Gasteiger partial charge in [0.25, 0.3) is 0 Å². The lowest BCUT2D eigenvalue weighted by Gasteiger charge is -2.65. The highest BCUT2D eigenvalue weighted by Crippen LogP contribution is 2.70. The zero-order chi connectivity index (χ0) is 33.1. The first-order chi connectivity index (χ1) is 22.4. The van der Waals surface area contributed by atoms with Gasteiger partial charge < -0.3 is 23.4 Å². The average Bonchev–Trinajstić information content (AvgIpc) is 3.65. The third-order valence-corrected chi connectivity index (χ3v) is 18.8. The molecule has 5 nitrogen and oxygen atoms in total. The van der Waals surface area contributed by atoms with E-state index in [2.05, 4.69) is 108 Å². The number of hydrogen-bond donors (Lipinski definition) is 0. The number of fused-ring (bicyclic) bond motifs is 6. The maximum Gasteiger partial charge on any atom is 0.192 e. The van der Waals surface area contributed by atoms with Gasteiger partial charge in [-0.25, -0.2) is 0 Å². The zero-order valence-corrected chi connectivity index (χ0v) is 31.1. The first-order valence-electron chi connectivity index (χ1n) is 18.6. The molecule has 4 unspecified atom stereocenters. The molecule has 0 radical (unpaired) electrons. The molecule has 6 heteroatoms. The molecule has 0 bridgehead atoms. The van der Waals surface area contributed by atoms with Crippen molar-refractivity contribution in [3.05, 3.63) is 71.8 Å². The molecular weight excluding hydrogens is 601 g/mol. The van der Waals surface area contributed by atoms with Gasteiger partial charge in [0, 0.05) is 17.9 Å². The molecule has 1 heterocycles. The molecule has 47 heavy (non-hydrogen) atoms. The Balaban J connectivity index is 1.27. The molecule has 0 amide bonds. The Morgan fingerprint density at radius 1 is 0.723 bits per heavy atom. The van der Waals surface area contributed by atoms with Crippen LogP contribution in [-0.4, -0.2) is 45.6 Å². The van der Waals surface area contributed by atoms with Crippen LogP contribution in [0.1, 0.15) is 90.7 Å². The van der Waals surface area contributed by atoms with Gasteiger partial charge in [0.1, 0.15) is 0 Å². The van der Waals surface area contributed by atoms with Crippen LogP contribution in [-0.2, 0) is 36.6 Å². The van der Waals surface area contributed by atoms with Crippen molar-refractivity contribution in [1.29, 1.82) is 0 Å². The molecule has 258 valence electrons. The fourth-order valence-corrected chi connectivity index (χ4v) is 12.1. The molecule has 2 aromatic carbocycles. The second-order valence-electron chi connectivity index (χ2n) is 17.6. The lowest BCUT2D eigenvalue weighted by atomic mass is 9.43. The highest BCUT2D eigenvalue weighted by atomic mass is 28.4. The first kappa shape index (κ1) is 33.9.